The molecule has 2 aromatic carbocycles. The average molecular weight is 508 g/mol. The highest BCUT2D eigenvalue weighted by atomic mass is 32.2. The summed E-state index contributed by atoms with van der Waals surface area (Å²) in [6.45, 7) is 6.39. The molecule has 2 heterocycles. The largest absolute Gasteiger partial charge is 0.491 e. The Balaban J connectivity index is 1.44. The molecule has 9 heteroatoms. The zero-order valence-corrected chi connectivity index (χ0v) is 20.9. The first-order valence-electron chi connectivity index (χ1n) is 11.3. The number of hydrogen-bond donors (Lipinski definition) is 0. The van der Waals surface area contributed by atoms with E-state index in [0.717, 1.165) is 28.6 Å². The number of imide groups is 1. The second-order valence-electron chi connectivity index (χ2n) is 7.96. The number of hydrogen-bond acceptors (Lipinski definition) is 8. The summed E-state index contributed by atoms with van der Waals surface area (Å²) in [4.78, 5) is 39.1. The molecule has 0 unspecified atom stereocenters. The van der Waals surface area contributed by atoms with E-state index in [2.05, 4.69) is 0 Å². The van der Waals surface area contributed by atoms with Crippen molar-refractivity contribution >= 4 is 35.0 Å². The lowest BCUT2D eigenvalue weighted by atomic mass is 10.1. The number of thioether (sulfide) groups is 1. The highest BCUT2D eigenvalue weighted by Gasteiger charge is 2.35. The van der Waals surface area contributed by atoms with Gasteiger partial charge < -0.3 is 18.6 Å². The van der Waals surface area contributed by atoms with Crippen LogP contribution in [0.2, 0.25) is 0 Å². The van der Waals surface area contributed by atoms with Crippen molar-refractivity contribution in [2.45, 2.75) is 20.8 Å². The monoisotopic (exact) mass is 507 g/mol. The summed E-state index contributed by atoms with van der Waals surface area (Å²) in [7, 11) is 0. The molecule has 0 radical (unpaired) electrons. The summed E-state index contributed by atoms with van der Waals surface area (Å²) in [6.07, 6.45) is 2.99. The maximum absolute atomic E-state index is 12.9. The van der Waals surface area contributed by atoms with Crippen LogP contribution in [0.1, 0.15) is 34.2 Å². The van der Waals surface area contributed by atoms with E-state index in [-0.39, 0.29) is 40.7 Å². The van der Waals surface area contributed by atoms with Crippen LogP contribution in [0.5, 0.6) is 17.2 Å². The third-order valence-electron chi connectivity index (χ3n) is 5.28. The van der Waals surface area contributed by atoms with Crippen molar-refractivity contribution in [3.63, 3.8) is 0 Å². The van der Waals surface area contributed by atoms with Gasteiger partial charge in [0.2, 0.25) is 5.76 Å². The van der Waals surface area contributed by atoms with Crippen LogP contribution in [0.4, 0.5) is 4.79 Å². The molecule has 0 bridgehead atoms. The molecule has 8 nitrogen and oxygen atoms in total. The first-order valence-corrected chi connectivity index (χ1v) is 12.2. The van der Waals surface area contributed by atoms with E-state index in [4.69, 9.17) is 18.6 Å². The zero-order chi connectivity index (χ0) is 25.7. The molecular weight excluding hydrogens is 482 g/mol. The number of rotatable bonds is 9. The molecular formula is C27H25NO7S. The van der Waals surface area contributed by atoms with Crippen molar-refractivity contribution in [2.75, 3.05) is 19.8 Å². The van der Waals surface area contributed by atoms with E-state index in [1.807, 2.05) is 32.0 Å². The van der Waals surface area contributed by atoms with Crippen molar-refractivity contribution in [1.29, 1.82) is 0 Å². The molecule has 2 amide bonds. The molecule has 0 aliphatic carbocycles. The number of ether oxygens (including phenoxy) is 3. The molecule has 0 N–H and O–H groups in total. The Morgan fingerprint density at radius 2 is 1.86 bits per heavy atom. The number of nitrogens with zero attached hydrogens (tertiary/aromatic N) is 1. The average Bonchev–Trinajstić information content (AvgIpc) is 3.48. The summed E-state index contributed by atoms with van der Waals surface area (Å²) < 4.78 is 21.9. The van der Waals surface area contributed by atoms with Crippen LogP contribution < -0.4 is 14.2 Å². The number of carbonyl (C=O) groups excluding carboxylic acids is 3. The molecule has 4 rings (SSSR count). The quantitative estimate of drug-likeness (QED) is 0.209. The maximum atomic E-state index is 12.9. The Morgan fingerprint density at radius 3 is 2.61 bits per heavy atom. The first kappa shape index (κ1) is 25.1. The van der Waals surface area contributed by atoms with Gasteiger partial charge in [0.1, 0.15) is 12.4 Å². The SMILES string of the molecule is CCOc1cc(/C=C2\SC(=O)N(CCOc3cc(C)ccc3C)C2=O)ccc1OC(=O)c1ccco1. The van der Waals surface area contributed by atoms with Crippen molar-refractivity contribution < 1.29 is 33.0 Å². The Morgan fingerprint density at radius 1 is 1.03 bits per heavy atom. The molecule has 1 aromatic heterocycles. The number of carbonyl (C=O) groups is 3. The number of benzene rings is 2. The van der Waals surface area contributed by atoms with Crippen molar-refractivity contribution in [3.05, 3.63) is 82.1 Å². The van der Waals surface area contributed by atoms with Gasteiger partial charge in [-0.25, -0.2) is 4.79 Å². The van der Waals surface area contributed by atoms with E-state index in [9.17, 15) is 14.4 Å². The molecule has 1 saturated heterocycles. The van der Waals surface area contributed by atoms with Gasteiger partial charge in [-0.2, -0.15) is 0 Å². The molecule has 0 saturated carbocycles. The molecule has 36 heavy (non-hydrogen) atoms. The number of amides is 2. The van der Waals surface area contributed by atoms with Crippen LogP contribution in [-0.4, -0.2) is 41.8 Å². The molecule has 186 valence electrons. The van der Waals surface area contributed by atoms with E-state index in [0.29, 0.717) is 17.9 Å². The second-order valence-corrected chi connectivity index (χ2v) is 8.95. The highest BCUT2D eigenvalue weighted by Crippen LogP contribution is 2.35. The zero-order valence-electron chi connectivity index (χ0n) is 20.1. The Labute approximate surface area is 212 Å². The minimum Gasteiger partial charge on any atom is -0.491 e. The van der Waals surface area contributed by atoms with Gasteiger partial charge >= 0.3 is 5.97 Å². The molecule has 3 aromatic rings. The minimum atomic E-state index is -0.655. The van der Waals surface area contributed by atoms with Crippen molar-refractivity contribution in [3.8, 4) is 17.2 Å². The lowest BCUT2D eigenvalue weighted by Gasteiger charge is -2.14. The van der Waals surface area contributed by atoms with Crippen LogP contribution in [0.3, 0.4) is 0 Å². The maximum Gasteiger partial charge on any atom is 0.379 e. The summed E-state index contributed by atoms with van der Waals surface area (Å²) in [6, 6.07) is 13.9. The van der Waals surface area contributed by atoms with Crippen LogP contribution in [0.15, 0.2) is 64.1 Å². The highest BCUT2D eigenvalue weighted by molar-refractivity contribution is 8.18. The second kappa shape index (κ2) is 11.2. The Kier molecular flexibility index (Phi) is 7.80. The minimum absolute atomic E-state index is 0.0664. The van der Waals surface area contributed by atoms with Gasteiger partial charge in [0.25, 0.3) is 11.1 Å². The molecule has 0 spiro atoms. The molecule has 1 aliphatic heterocycles. The molecule has 1 aliphatic rings. The smallest absolute Gasteiger partial charge is 0.379 e. The van der Waals surface area contributed by atoms with Crippen LogP contribution in [-0.2, 0) is 4.79 Å². The van der Waals surface area contributed by atoms with Gasteiger partial charge in [0.05, 0.1) is 24.3 Å². The van der Waals surface area contributed by atoms with E-state index < -0.39 is 5.97 Å². The number of aryl methyl sites for hydroxylation is 2. The fourth-order valence-corrected chi connectivity index (χ4v) is 4.33. The first-order chi connectivity index (χ1) is 17.4. The van der Waals surface area contributed by atoms with Gasteiger partial charge in [0.15, 0.2) is 11.5 Å². The Hall–Kier alpha value is -3.98. The normalized spacial score (nSPS) is 14.4. The summed E-state index contributed by atoms with van der Waals surface area (Å²) in [5, 5.41) is -0.357. The summed E-state index contributed by atoms with van der Waals surface area (Å²) in [5.41, 5.74) is 2.67. The molecule has 0 atom stereocenters. The fraction of sp³-hybridized carbons (Fsp3) is 0.222. The lowest BCUT2D eigenvalue weighted by Crippen LogP contribution is -2.32. The predicted molar refractivity (Wildman–Crippen MR) is 135 cm³/mol. The van der Waals surface area contributed by atoms with Crippen LogP contribution in [0, 0.1) is 13.8 Å². The lowest BCUT2D eigenvalue weighted by molar-refractivity contribution is -0.123. The number of furan rings is 1. The van der Waals surface area contributed by atoms with E-state index >= 15 is 0 Å². The summed E-state index contributed by atoms with van der Waals surface area (Å²) in [5.74, 6) is 0.295. The van der Waals surface area contributed by atoms with Gasteiger partial charge in [-0.1, -0.05) is 18.2 Å². The topological polar surface area (TPSA) is 95.3 Å². The van der Waals surface area contributed by atoms with Gasteiger partial charge in [-0.15, -0.1) is 0 Å². The van der Waals surface area contributed by atoms with E-state index in [1.165, 1.54) is 17.2 Å². The fourth-order valence-electron chi connectivity index (χ4n) is 3.47. The van der Waals surface area contributed by atoms with Crippen LogP contribution in [0.25, 0.3) is 6.08 Å². The molecule has 1 fully saturated rings. The van der Waals surface area contributed by atoms with Crippen molar-refractivity contribution in [2.24, 2.45) is 0 Å². The van der Waals surface area contributed by atoms with Crippen molar-refractivity contribution in [1.82, 2.24) is 4.90 Å². The third-order valence-corrected chi connectivity index (χ3v) is 6.19. The third kappa shape index (κ3) is 5.80. The Bertz CT molecular complexity index is 1310. The summed E-state index contributed by atoms with van der Waals surface area (Å²) >= 11 is 0.865. The van der Waals surface area contributed by atoms with Gasteiger partial charge in [0, 0.05) is 0 Å². The number of esters is 1. The van der Waals surface area contributed by atoms with Gasteiger partial charge in [-0.05, 0) is 85.6 Å². The van der Waals surface area contributed by atoms with Crippen LogP contribution >= 0.6 is 11.8 Å². The standard InChI is InChI=1S/C27H25NO7S/c1-4-32-23-15-19(9-10-20(23)35-26(30)21-6-5-12-33-21)16-24-25(29)28(27(31)36-24)11-13-34-22-14-17(2)7-8-18(22)3/h5-10,12,14-16H,4,11,13H2,1-3H3/b24-16-. The van der Waals surface area contributed by atoms with Gasteiger partial charge in [-0.3, -0.25) is 14.5 Å². The van der Waals surface area contributed by atoms with E-state index in [1.54, 1.807) is 37.3 Å². The predicted octanol–water partition coefficient (Wildman–Crippen LogP) is 5.63.